The molecule has 0 radical (unpaired) electrons. The summed E-state index contributed by atoms with van der Waals surface area (Å²) in [6, 6.07) is 3.88. The third-order valence-electron chi connectivity index (χ3n) is 2.53. The quantitative estimate of drug-likeness (QED) is 0.444. The van der Waals surface area contributed by atoms with Gasteiger partial charge in [-0.3, -0.25) is 20.2 Å². The van der Waals surface area contributed by atoms with Gasteiger partial charge in [-0.2, -0.15) is 0 Å². The number of rotatable bonds is 8. The Labute approximate surface area is 116 Å². The van der Waals surface area contributed by atoms with Crippen LogP contribution >= 0.6 is 0 Å². The van der Waals surface area contributed by atoms with Crippen molar-refractivity contribution in [2.75, 3.05) is 13.2 Å². The summed E-state index contributed by atoms with van der Waals surface area (Å²) in [6.45, 7) is 5.10. The highest BCUT2D eigenvalue weighted by atomic mass is 16.6. The van der Waals surface area contributed by atoms with Gasteiger partial charge in [-0.05, 0) is 6.07 Å². The number of hydrogen-bond donors (Lipinski definition) is 1. The first-order valence-corrected chi connectivity index (χ1v) is 6.14. The van der Waals surface area contributed by atoms with Crippen molar-refractivity contribution < 1.29 is 14.6 Å². The lowest BCUT2D eigenvalue weighted by atomic mass is 10.1. The summed E-state index contributed by atoms with van der Waals surface area (Å²) < 4.78 is 5.32. The fraction of sp³-hybridized carbons (Fsp3) is 0.500. The van der Waals surface area contributed by atoms with Gasteiger partial charge in [-0.25, -0.2) is 0 Å². The molecule has 0 saturated carbocycles. The Balaban J connectivity index is 2.65. The Morgan fingerprint density at radius 1 is 1.25 bits per heavy atom. The minimum absolute atomic E-state index is 0.0497. The number of benzene rings is 1. The van der Waals surface area contributed by atoms with Crippen molar-refractivity contribution in [3.63, 3.8) is 0 Å². The third-order valence-corrected chi connectivity index (χ3v) is 2.53. The standard InChI is InChI=1S/C12H17N3O5/c1-9(2)13-5-6-20-8-10-3-4-11(14(16)17)7-12(10)15(18)19/h3-4,7,9,13H,5-6,8H2,1-2H3. The molecule has 0 amide bonds. The van der Waals surface area contributed by atoms with E-state index in [1.54, 1.807) is 0 Å². The van der Waals surface area contributed by atoms with E-state index < -0.39 is 9.85 Å². The molecule has 1 aromatic carbocycles. The molecular formula is C12H17N3O5. The molecular weight excluding hydrogens is 266 g/mol. The second-order valence-corrected chi connectivity index (χ2v) is 4.49. The zero-order valence-corrected chi connectivity index (χ0v) is 11.4. The summed E-state index contributed by atoms with van der Waals surface area (Å²) in [5, 5.41) is 24.6. The van der Waals surface area contributed by atoms with E-state index in [4.69, 9.17) is 4.74 Å². The van der Waals surface area contributed by atoms with Crippen molar-refractivity contribution in [2.24, 2.45) is 0 Å². The van der Waals surface area contributed by atoms with Crippen LogP contribution in [0.3, 0.4) is 0 Å². The maximum atomic E-state index is 10.9. The van der Waals surface area contributed by atoms with Crippen LogP contribution in [-0.4, -0.2) is 29.0 Å². The van der Waals surface area contributed by atoms with Gasteiger partial charge in [0.2, 0.25) is 0 Å². The van der Waals surface area contributed by atoms with Crippen LogP contribution in [-0.2, 0) is 11.3 Å². The van der Waals surface area contributed by atoms with E-state index in [0.29, 0.717) is 24.8 Å². The Kier molecular flexibility index (Phi) is 6.01. The fourth-order valence-electron chi connectivity index (χ4n) is 1.56. The molecule has 1 aromatic rings. The molecule has 0 saturated heterocycles. The second kappa shape index (κ2) is 7.51. The van der Waals surface area contributed by atoms with Gasteiger partial charge in [0, 0.05) is 18.7 Å². The maximum Gasteiger partial charge on any atom is 0.281 e. The highest BCUT2D eigenvalue weighted by molar-refractivity contribution is 5.48. The van der Waals surface area contributed by atoms with E-state index in [0.717, 1.165) is 6.07 Å². The lowest BCUT2D eigenvalue weighted by Crippen LogP contribution is -2.26. The Morgan fingerprint density at radius 3 is 2.50 bits per heavy atom. The monoisotopic (exact) mass is 283 g/mol. The van der Waals surface area contributed by atoms with Crippen molar-refractivity contribution in [1.82, 2.24) is 5.32 Å². The predicted molar refractivity (Wildman–Crippen MR) is 72.5 cm³/mol. The molecule has 0 atom stereocenters. The predicted octanol–water partition coefficient (Wildman–Crippen LogP) is 2.02. The molecule has 0 aliphatic carbocycles. The van der Waals surface area contributed by atoms with E-state index in [1.807, 2.05) is 13.8 Å². The lowest BCUT2D eigenvalue weighted by Gasteiger charge is -2.08. The molecule has 8 heteroatoms. The molecule has 0 spiro atoms. The first-order chi connectivity index (χ1) is 9.41. The Morgan fingerprint density at radius 2 is 1.95 bits per heavy atom. The topological polar surface area (TPSA) is 108 Å². The van der Waals surface area contributed by atoms with E-state index in [2.05, 4.69) is 5.32 Å². The molecule has 0 bridgehead atoms. The summed E-state index contributed by atoms with van der Waals surface area (Å²) in [5.41, 5.74) is -0.275. The van der Waals surface area contributed by atoms with Crippen LogP contribution in [0, 0.1) is 20.2 Å². The molecule has 20 heavy (non-hydrogen) atoms. The molecule has 0 aliphatic rings. The van der Waals surface area contributed by atoms with Crippen molar-refractivity contribution in [2.45, 2.75) is 26.5 Å². The van der Waals surface area contributed by atoms with Crippen molar-refractivity contribution >= 4 is 11.4 Å². The van der Waals surface area contributed by atoms with Crippen LogP contribution in [0.5, 0.6) is 0 Å². The smallest absolute Gasteiger partial charge is 0.281 e. The maximum absolute atomic E-state index is 10.9. The van der Waals surface area contributed by atoms with Gasteiger partial charge >= 0.3 is 0 Å². The van der Waals surface area contributed by atoms with Gasteiger partial charge in [0.05, 0.1) is 34.7 Å². The molecule has 1 rings (SSSR count). The van der Waals surface area contributed by atoms with Crippen molar-refractivity contribution in [1.29, 1.82) is 0 Å². The van der Waals surface area contributed by atoms with Crippen LogP contribution in [0.1, 0.15) is 19.4 Å². The lowest BCUT2D eigenvalue weighted by molar-refractivity contribution is -0.394. The number of non-ortho nitro benzene ring substituents is 1. The third kappa shape index (κ3) is 4.90. The highest BCUT2D eigenvalue weighted by Gasteiger charge is 2.19. The summed E-state index contributed by atoms with van der Waals surface area (Å²) in [5.74, 6) is 0. The van der Waals surface area contributed by atoms with Crippen molar-refractivity contribution in [3.05, 3.63) is 44.0 Å². The molecule has 1 N–H and O–H groups in total. The van der Waals surface area contributed by atoms with Gasteiger partial charge in [0.15, 0.2) is 0 Å². The number of nitro benzene ring substituents is 2. The minimum Gasteiger partial charge on any atom is -0.375 e. The Bertz CT molecular complexity index is 490. The normalized spacial score (nSPS) is 10.8. The summed E-state index contributed by atoms with van der Waals surface area (Å²) in [7, 11) is 0. The number of nitrogens with one attached hydrogen (secondary N) is 1. The van der Waals surface area contributed by atoms with Crippen LogP contribution in [0.2, 0.25) is 0 Å². The average Bonchev–Trinajstić information content (AvgIpc) is 2.37. The van der Waals surface area contributed by atoms with Gasteiger partial charge < -0.3 is 10.1 Å². The molecule has 0 fully saturated rings. The van der Waals surface area contributed by atoms with E-state index in [9.17, 15) is 20.2 Å². The van der Waals surface area contributed by atoms with Gasteiger partial charge in [0.25, 0.3) is 11.4 Å². The number of hydrogen-bond acceptors (Lipinski definition) is 6. The van der Waals surface area contributed by atoms with Gasteiger partial charge in [-0.1, -0.05) is 13.8 Å². The second-order valence-electron chi connectivity index (χ2n) is 4.49. The van der Waals surface area contributed by atoms with E-state index >= 15 is 0 Å². The molecule has 0 aromatic heterocycles. The number of nitro groups is 2. The largest absolute Gasteiger partial charge is 0.375 e. The van der Waals surface area contributed by atoms with Crippen LogP contribution < -0.4 is 5.32 Å². The Hall–Kier alpha value is -2.06. The van der Waals surface area contributed by atoms with E-state index in [-0.39, 0.29) is 18.0 Å². The molecule has 0 aliphatic heterocycles. The molecule has 0 unspecified atom stereocenters. The number of nitrogens with zero attached hydrogens (tertiary/aromatic N) is 2. The van der Waals surface area contributed by atoms with Gasteiger partial charge in [-0.15, -0.1) is 0 Å². The minimum atomic E-state index is -0.663. The van der Waals surface area contributed by atoms with Crippen LogP contribution in [0.15, 0.2) is 18.2 Å². The SMILES string of the molecule is CC(C)NCCOCc1ccc([N+](=O)[O-])cc1[N+](=O)[O-]. The summed E-state index contributed by atoms with van der Waals surface area (Å²) >= 11 is 0. The first kappa shape index (κ1) is 16.0. The van der Waals surface area contributed by atoms with E-state index in [1.165, 1.54) is 12.1 Å². The first-order valence-electron chi connectivity index (χ1n) is 6.14. The van der Waals surface area contributed by atoms with Gasteiger partial charge in [0.1, 0.15) is 0 Å². The van der Waals surface area contributed by atoms with Crippen LogP contribution in [0.25, 0.3) is 0 Å². The molecule has 110 valence electrons. The molecule has 0 heterocycles. The number of ether oxygens (including phenoxy) is 1. The van der Waals surface area contributed by atoms with Crippen molar-refractivity contribution in [3.8, 4) is 0 Å². The zero-order valence-electron chi connectivity index (χ0n) is 11.4. The fourth-order valence-corrected chi connectivity index (χ4v) is 1.56. The summed E-state index contributed by atoms with van der Waals surface area (Å²) in [6.07, 6.45) is 0. The zero-order chi connectivity index (χ0) is 15.1. The van der Waals surface area contributed by atoms with Crippen LogP contribution in [0.4, 0.5) is 11.4 Å². The highest BCUT2D eigenvalue weighted by Crippen LogP contribution is 2.25. The average molecular weight is 283 g/mol. The molecule has 8 nitrogen and oxygen atoms in total. The summed E-state index contributed by atoms with van der Waals surface area (Å²) in [4.78, 5) is 20.2.